The lowest BCUT2D eigenvalue weighted by Crippen LogP contribution is -2.06. The molecule has 1 aromatic heterocycles. The number of halogens is 4. The highest BCUT2D eigenvalue weighted by atomic mass is 35.5. The third-order valence-corrected chi connectivity index (χ3v) is 2.47. The number of carboxylic acids is 1. The molecule has 0 unspecified atom stereocenters. The van der Waals surface area contributed by atoms with Crippen molar-refractivity contribution in [2.45, 2.75) is 12.8 Å². The summed E-state index contributed by atoms with van der Waals surface area (Å²) in [6.45, 7) is 0. The number of hydrogen-bond donors (Lipinski definition) is 1. The zero-order valence-corrected chi connectivity index (χ0v) is 8.69. The van der Waals surface area contributed by atoms with Crippen LogP contribution >= 0.6 is 23.2 Å². The summed E-state index contributed by atoms with van der Waals surface area (Å²) in [4.78, 5) is 13.9. The van der Waals surface area contributed by atoms with Crippen LogP contribution in [0.25, 0.3) is 0 Å². The molecule has 3 nitrogen and oxygen atoms in total. The van der Waals surface area contributed by atoms with Crippen LogP contribution in [-0.2, 0) is 11.2 Å². The highest BCUT2D eigenvalue weighted by Gasteiger charge is 2.20. The number of aromatic nitrogens is 1. The Morgan fingerprint density at radius 1 is 1.53 bits per heavy atom. The summed E-state index contributed by atoms with van der Waals surface area (Å²) in [6, 6.07) is 0. The van der Waals surface area contributed by atoms with Crippen LogP contribution in [0.3, 0.4) is 0 Å². The maximum Gasteiger partial charge on any atom is 0.307 e. The molecule has 0 saturated heterocycles. The normalized spacial score (nSPS) is 10.7. The lowest BCUT2D eigenvalue weighted by Gasteiger charge is -2.09. The first kappa shape index (κ1) is 12.1. The van der Waals surface area contributed by atoms with Gasteiger partial charge in [-0.3, -0.25) is 4.79 Å². The minimum Gasteiger partial charge on any atom is -0.481 e. The van der Waals surface area contributed by atoms with E-state index >= 15 is 0 Å². The van der Waals surface area contributed by atoms with Gasteiger partial charge in [0, 0.05) is 11.8 Å². The van der Waals surface area contributed by atoms with E-state index < -0.39 is 24.4 Å². The Kier molecular flexibility index (Phi) is 3.82. The molecule has 0 spiro atoms. The van der Waals surface area contributed by atoms with Gasteiger partial charge in [-0.15, -0.1) is 0 Å². The molecular weight excluding hydrogens is 251 g/mol. The molecule has 1 N–H and O–H groups in total. The maximum absolute atomic E-state index is 12.5. The Labute approximate surface area is 93.6 Å². The van der Waals surface area contributed by atoms with E-state index in [4.69, 9.17) is 28.3 Å². The smallest absolute Gasteiger partial charge is 0.307 e. The minimum absolute atomic E-state index is 0.183. The quantitative estimate of drug-likeness (QED) is 0.846. The van der Waals surface area contributed by atoms with Crippen molar-refractivity contribution in [2.75, 3.05) is 0 Å². The molecular formula is C8H5Cl2F2NO2. The number of pyridine rings is 1. The van der Waals surface area contributed by atoms with E-state index in [0.717, 1.165) is 6.20 Å². The summed E-state index contributed by atoms with van der Waals surface area (Å²) >= 11 is 11.1. The molecule has 0 radical (unpaired) electrons. The highest BCUT2D eigenvalue weighted by Crippen LogP contribution is 2.32. The van der Waals surface area contributed by atoms with E-state index in [1.54, 1.807) is 0 Å². The first-order valence-corrected chi connectivity index (χ1v) is 4.51. The van der Waals surface area contributed by atoms with Gasteiger partial charge in [-0.05, 0) is 5.56 Å². The van der Waals surface area contributed by atoms with Gasteiger partial charge in [0.2, 0.25) is 0 Å². The third kappa shape index (κ3) is 2.76. The van der Waals surface area contributed by atoms with Crippen molar-refractivity contribution in [3.05, 3.63) is 27.5 Å². The molecule has 0 aliphatic heterocycles. The Bertz CT molecular complexity index is 398. The average molecular weight is 256 g/mol. The zero-order chi connectivity index (χ0) is 11.6. The summed E-state index contributed by atoms with van der Waals surface area (Å²) in [7, 11) is 0. The molecule has 0 fully saturated rings. The lowest BCUT2D eigenvalue weighted by molar-refractivity contribution is -0.136. The zero-order valence-electron chi connectivity index (χ0n) is 7.18. The van der Waals surface area contributed by atoms with Gasteiger partial charge in [-0.1, -0.05) is 23.2 Å². The molecule has 0 aliphatic carbocycles. The van der Waals surface area contributed by atoms with E-state index in [9.17, 15) is 13.6 Å². The molecule has 0 aromatic carbocycles. The largest absolute Gasteiger partial charge is 0.481 e. The fourth-order valence-electron chi connectivity index (χ4n) is 1.03. The van der Waals surface area contributed by atoms with Gasteiger partial charge < -0.3 is 5.11 Å². The van der Waals surface area contributed by atoms with E-state index in [2.05, 4.69) is 4.98 Å². The highest BCUT2D eigenvalue weighted by molar-refractivity contribution is 6.41. The summed E-state index contributed by atoms with van der Waals surface area (Å²) in [5.41, 5.74) is -0.703. The average Bonchev–Trinajstić information content (AvgIpc) is 2.12. The maximum atomic E-state index is 12.5. The van der Waals surface area contributed by atoms with Crippen LogP contribution in [-0.4, -0.2) is 16.1 Å². The van der Waals surface area contributed by atoms with Crippen LogP contribution < -0.4 is 0 Å². The van der Waals surface area contributed by atoms with Gasteiger partial charge in [-0.25, -0.2) is 13.8 Å². The van der Waals surface area contributed by atoms with Crippen molar-refractivity contribution in [2.24, 2.45) is 0 Å². The monoisotopic (exact) mass is 255 g/mol. The summed E-state index contributed by atoms with van der Waals surface area (Å²) in [5.74, 6) is -1.26. The number of rotatable bonds is 3. The molecule has 0 bridgehead atoms. The molecule has 7 heteroatoms. The first-order valence-electron chi connectivity index (χ1n) is 3.76. The van der Waals surface area contributed by atoms with E-state index in [0.29, 0.717) is 0 Å². The van der Waals surface area contributed by atoms with Crippen molar-refractivity contribution in [3.63, 3.8) is 0 Å². The van der Waals surface area contributed by atoms with Crippen molar-refractivity contribution in [1.82, 2.24) is 4.98 Å². The third-order valence-electron chi connectivity index (χ3n) is 1.67. The number of aliphatic carboxylic acids is 1. The van der Waals surface area contributed by atoms with Crippen LogP contribution in [0.4, 0.5) is 8.78 Å². The molecule has 1 aromatic rings. The molecule has 0 amide bonds. The fraction of sp³-hybridized carbons (Fsp3) is 0.250. The van der Waals surface area contributed by atoms with Gasteiger partial charge in [-0.2, -0.15) is 0 Å². The van der Waals surface area contributed by atoms with Crippen LogP contribution in [0.5, 0.6) is 0 Å². The van der Waals surface area contributed by atoms with Crippen LogP contribution in [0.15, 0.2) is 6.20 Å². The second kappa shape index (κ2) is 4.72. The Morgan fingerprint density at radius 3 is 2.60 bits per heavy atom. The molecule has 1 rings (SSSR count). The molecule has 15 heavy (non-hydrogen) atoms. The minimum atomic E-state index is -2.83. The predicted molar refractivity (Wildman–Crippen MR) is 50.6 cm³/mol. The molecule has 82 valence electrons. The van der Waals surface area contributed by atoms with Gasteiger partial charge in [0.15, 0.2) is 0 Å². The number of carbonyl (C=O) groups is 1. The Balaban J connectivity index is 3.28. The lowest BCUT2D eigenvalue weighted by atomic mass is 10.1. The second-order valence-electron chi connectivity index (χ2n) is 2.67. The van der Waals surface area contributed by atoms with Crippen LogP contribution in [0.1, 0.15) is 17.6 Å². The number of carboxylic acid groups (broad SMARTS) is 1. The van der Waals surface area contributed by atoms with Crippen LogP contribution in [0.2, 0.25) is 10.2 Å². The fourth-order valence-corrected chi connectivity index (χ4v) is 1.42. The standard InChI is InChI=1S/C8H5Cl2F2NO2/c9-6-3(1-5(14)15)4(8(11)12)2-13-7(6)10/h2,8H,1H2,(H,14,15). The van der Waals surface area contributed by atoms with Gasteiger partial charge >= 0.3 is 5.97 Å². The Morgan fingerprint density at radius 2 is 2.13 bits per heavy atom. The Hall–Kier alpha value is -0.940. The van der Waals surface area contributed by atoms with Crippen molar-refractivity contribution >= 4 is 29.2 Å². The summed E-state index contributed by atoms with van der Waals surface area (Å²) in [5, 5.41) is 8.10. The van der Waals surface area contributed by atoms with E-state index in [-0.39, 0.29) is 15.7 Å². The SMILES string of the molecule is O=C(O)Cc1c(C(F)F)cnc(Cl)c1Cl. The van der Waals surface area contributed by atoms with Crippen LogP contribution in [0, 0.1) is 0 Å². The summed E-state index contributed by atoms with van der Waals surface area (Å²) in [6.07, 6.45) is -2.61. The van der Waals surface area contributed by atoms with E-state index in [1.165, 1.54) is 0 Å². The topological polar surface area (TPSA) is 50.2 Å². The van der Waals surface area contributed by atoms with Crippen molar-refractivity contribution in [3.8, 4) is 0 Å². The summed E-state index contributed by atoms with van der Waals surface area (Å²) < 4.78 is 24.9. The van der Waals surface area contributed by atoms with E-state index in [1.807, 2.05) is 0 Å². The number of alkyl halides is 2. The first-order chi connectivity index (χ1) is 6.93. The molecule has 0 saturated carbocycles. The number of hydrogen-bond acceptors (Lipinski definition) is 2. The number of nitrogens with zero attached hydrogens (tertiary/aromatic N) is 1. The van der Waals surface area contributed by atoms with Crippen molar-refractivity contribution < 1.29 is 18.7 Å². The molecule has 0 aliphatic rings. The van der Waals surface area contributed by atoms with Gasteiger partial charge in [0.25, 0.3) is 6.43 Å². The van der Waals surface area contributed by atoms with Crippen molar-refractivity contribution in [1.29, 1.82) is 0 Å². The molecule has 0 atom stereocenters. The predicted octanol–water partition coefficient (Wildman–Crippen LogP) is 2.95. The molecule has 1 heterocycles. The van der Waals surface area contributed by atoms with Gasteiger partial charge in [0.1, 0.15) is 5.15 Å². The van der Waals surface area contributed by atoms with Gasteiger partial charge in [0.05, 0.1) is 11.4 Å². The second-order valence-corrected chi connectivity index (χ2v) is 3.40.